The third kappa shape index (κ3) is 2.34. The van der Waals surface area contributed by atoms with Crippen LogP contribution in [0.2, 0.25) is 0 Å². The molecule has 2 heteroatoms. The maximum absolute atomic E-state index is 9.02. The van der Waals surface area contributed by atoms with Crippen molar-refractivity contribution in [2.75, 3.05) is 0 Å². The fourth-order valence-electron chi connectivity index (χ4n) is 2.55. The Balaban J connectivity index is 3.27. The zero-order valence-electron chi connectivity index (χ0n) is 10.2. The van der Waals surface area contributed by atoms with Gasteiger partial charge in [0.2, 0.25) is 0 Å². The normalized spacial score (nSPS) is 24.3. The van der Waals surface area contributed by atoms with Crippen LogP contribution < -0.4 is 0 Å². The van der Waals surface area contributed by atoms with E-state index in [4.69, 9.17) is 10.5 Å². The molecule has 0 radical (unpaired) electrons. The molecule has 0 fully saturated rings. The van der Waals surface area contributed by atoms with Crippen LogP contribution in [-0.4, -0.2) is 0 Å². The summed E-state index contributed by atoms with van der Waals surface area (Å²) >= 11 is 0. The molecule has 0 aliphatic heterocycles. The number of hydrogen-bond donors (Lipinski definition) is 0. The molecule has 2 atom stereocenters. The zero-order chi connectivity index (χ0) is 12.1. The predicted octanol–water partition coefficient (Wildman–Crippen LogP) is 3.73. The van der Waals surface area contributed by atoms with E-state index in [-0.39, 0.29) is 5.92 Å². The molecule has 0 heterocycles. The van der Waals surface area contributed by atoms with Crippen LogP contribution in [-0.2, 0) is 0 Å². The van der Waals surface area contributed by atoms with Gasteiger partial charge < -0.3 is 0 Å². The highest BCUT2D eigenvalue weighted by molar-refractivity contribution is 5.45. The van der Waals surface area contributed by atoms with Gasteiger partial charge in [0.25, 0.3) is 0 Å². The summed E-state index contributed by atoms with van der Waals surface area (Å²) in [5, 5.41) is 18.0. The number of allylic oxidation sites excluding steroid dienone is 4. The van der Waals surface area contributed by atoms with Crippen LogP contribution in [0.5, 0.6) is 0 Å². The summed E-state index contributed by atoms with van der Waals surface area (Å²) < 4.78 is 0. The standard InChI is InChI=1S/C14H18N2/c1-4-11-6-10(3)7-12(5-2)14(11)13(8-15)9-16/h6,11-12H,4-5,7H2,1-3H3. The lowest BCUT2D eigenvalue weighted by Crippen LogP contribution is -2.18. The quantitative estimate of drug-likeness (QED) is 0.519. The van der Waals surface area contributed by atoms with Gasteiger partial charge in [0, 0.05) is 5.92 Å². The molecule has 0 aromatic rings. The highest BCUT2D eigenvalue weighted by atomic mass is 14.4. The summed E-state index contributed by atoms with van der Waals surface area (Å²) in [7, 11) is 0. The molecule has 0 bridgehead atoms. The van der Waals surface area contributed by atoms with Gasteiger partial charge in [-0.1, -0.05) is 25.5 Å². The SMILES string of the molecule is CCC1C=C(C)CC(CC)C1=C(C#N)C#N. The molecule has 0 spiro atoms. The summed E-state index contributed by atoms with van der Waals surface area (Å²) in [5.74, 6) is 0.664. The predicted molar refractivity (Wildman–Crippen MR) is 64.2 cm³/mol. The number of rotatable bonds is 2. The van der Waals surface area contributed by atoms with Crippen molar-refractivity contribution >= 4 is 0 Å². The first-order valence-corrected chi connectivity index (χ1v) is 5.89. The second-order valence-corrected chi connectivity index (χ2v) is 4.39. The van der Waals surface area contributed by atoms with E-state index in [1.165, 1.54) is 5.57 Å². The van der Waals surface area contributed by atoms with Crippen LogP contribution in [0.4, 0.5) is 0 Å². The minimum absolute atomic E-state index is 0.285. The molecule has 2 nitrogen and oxygen atoms in total. The Labute approximate surface area is 97.9 Å². The van der Waals surface area contributed by atoms with E-state index >= 15 is 0 Å². The van der Waals surface area contributed by atoms with Crippen LogP contribution in [0.25, 0.3) is 0 Å². The molecule has 84 valence electrons. The minimum atomic E-state index is 0.285. The average Bonchev–Trinajstić information content (AvgIpc) is 2.31. The van der Waals surface area contributed by atoms with Gasteiger partial charge in [0.15, 0.2) is 0 Å². The van der Waals surface area contributed by atoms with E-state index in [0.717, 1.165) is 24.8 Å². The first-order valence-electron chi connectivity index (χ1n) is 5.89. The van der Waals surface area contributed by atoms with Gasteiger partial charge in [-0.05, 0) is 37.7 Å². The zero-order valence-corrected chi connectivity index (χ0v) is 10.2. The number of nitriles is 2. The van der Waals surface area contributed by atoms with Crippen LogP contribution in [0, 0.1) is 34.5 Å². The van der Waals surface area contributed by atoms with E-state index < -0.39 is 0 Å². The number of nitrogens with zero attached hydrogens (tertiary/aromatic N) is 2. The maximum atomic E-state index is 9.02. The van der Waals surface area contributed by atoms with E-state index in [0.29, 0.717) is 11.5 Å². The second-order valence-electron chi connectivity index (χ2n) is 4.39. The molecule has 0 aromatic heterocycles. The molecule has 0 N–H and O–H groups in total. The average molecular weight is 214 g/mol. The second kappa shape index (κ2) is 5.52. The summed E-state index contributed by atoms with van der Waals surface area (Å²) in [6, 6.07) is 4.11. The maximum Gasteiger partial charge on any atom is 0.129 e. The summed E-state index contributed by atoms with van der Waals surface area (Å²) in [6.07, 6.45) is 5.19. The molecule has 1 aliphatic carbocycles. The van der Waals surface area contributed by atoms with Gasteiger partial charge in [-0.2, -0.15) is 10.5 Å². The summed E-state index contributed by atoms with van der Waals surface area (Å²) in [6.45, 7) is 6.38. The fourth-order valence-corrected chi connectivity index (χ4v) is 2.55. The molecular weight excluding hydrogens is 196 g/mol. The van der Waals surface area contributed by atoms with Crippen molar-refractivity contribution in [1.29, 1.82) is 10.5 Å². The van der Waals surface area contributed by atoms with Crippen molar-refractivity contribution in [3.8, 4) is 12.1 Å². The smallest absolute Gasteiger partial charge is 0.129 e. The van der Waals surface area contributed by atoms with Crippen molar-refractivity contribution in [2.24, 2.45) is 11.8 Å². The van der Waals surface area contributed by atoms with Gasteiger partial charge >= 0.3 is 0 Å². The Kier molecular flexibility index (Phi) is 4.32. The third-order valence-corrected chi connectivity index (χ3v) is 3.34. The first kappa shape index (κ1) is 12.5. The van der Waals surface area contributed by atoms with E-state index in [9.17, 15) is 0 Å². The molecule has 0 aromatic carbocycles. The summed E-state index contributed by atoms with van der Waals surface area (Å²) in [4.78, 5) is 0. The Bertz CT molecular complexity index is 385. The van der Waals surface area contributed by atoms with Gasteiger partial charge in [-0.15, -0.1) is 0 Å². The van der Waals surface area contributed by atoms with E-state index in [1.807, 2.05) is 0 Å². The highest BCUT2D eigenvalue weighted by Crippen LogP contribution is 2.38. The van der Waals surface area contributed by atoms with Gasteiger partial charge in [0.1, 0.15) is 17.7 Å². The van der Waals surface area contributed by atoms with Gasteiger partial charge in [0.05, 0.1) is 0 Å². The van der Waals surface area contributed by atoms with Crippen molar-refractivity contribution in [1.82, 2.24) is 0 Å². The lowest BCUT2D eigenvalue weighted by atomic mass is 9.74. The molecule has 1 rings (SSSR count). The minimum Gasteiger partial charge on any atom is -0.192 e. The van der Waals surface area contributed by atoms with Crippen LogP contribution in [0.3, 0.4) is 0 Å². The molecule has 1 aliphatic rings. The van der Waals surface area contributed by atoms with Crippen molar-refractivity contribution < 1.29 is 0 Å². The van der Waals surface area contributed by atoms with Crippen molar-refractivity contribution in [3.63, 3.8) is 0 Å². The Morgan fingerprint density at radius 3 is 2.38 bits per heavy atom. The molecule has 0 saturated heterocycles. The van der Waals surface area contributed by atoms with Gasteiger partial charge in [-0.3, -0.25) is 0 Å². The molecule has 0 saturated carbocycles. The Hall–Kier alpha value is -1.54. The van der Waals surface area contributed by atoms with Crippen LogP contribution in [0.15, 0.2) is 22.8 Å². The molecule has 0 amide bonds. The Morgan fingerprint density at radius 1 is 1.31 bits per heavy atom. The fraction of sp³-hybridized carbons (Fsp3) is 0.571. The third-order valence-electron chi connectivity index (χ3n) is 3.34. The van der Waals surface area contributed by atoms with Crippen LogP contribution >= 0.6 is 0 Å². The topological polar surface area (TPSA) is 47.6 Å². The monoisotopic (exact) mass is 214 g/mol. The van der Waals surface area contributed by atoms with E-state index in [1.54, 1.807) is 0 Å². The van der Waals surface area contributed by atoms with Crippen molar-refractivity contribution in [2.45, 2.75) is 40.0 Å². The molecule has 16 heavy (non-hydrogen) atoms. The Morgan fingerprint density at radius 2 is 1.94 bits per heavy atom. The summed E-state index contributed by atoms with van der Waals surface area (Å²) in [5.41, 5.74) is 2.79. The van der Waals surface area contributed by atoms with E-state index in [2.05, 4.69) is 39.0 Å². The largest absolute Gasteiger partial charge is 0.192 e. The number of hydrogen-bond acceptors (Lipinski definition) is 2. The molecular formula is C14H18N2. The lowest BCUT2D eigenvalue weighted by Gasteiger charge is -2.30. The lowest BCUT2D eigenvalue weighted by molar-refractivity contribution is 0.489. The van der Waals surface area contributed by atoms with Gasteiger partial charge in [-0.25, -0.2) is 0 Å². The highest BCUT2D eigenvalue weighted by Gasteiger charge is 2.27. The molecule has 2 unspecified atom stereocenters. The van der Waals surface area contributed by atoms with Crippen LogP contribution in [0.1, 0.15) is 40.0 Å². The first-order chi connectivity index (χ1) is 7.67. The van der Waals surface area contributed by atoms with Crippen molar-refractivity contribution in [3.05, 3.63) is 22.8 Å².